The lowest BCUT2D eigenvalue weighted by Crippen LogP contribution is -2.26. The maximum atomic E-state index is 14.0. The molecule has 0 radical (unpaired) electrons. The summed E-state index contributed by atoms with van der Waals surface area (Å²) in [6, 6.07) is 2.31. The van der Waals surface area contributed by atoms with E-state index in [0.29, 0.717) is 23.5 Å². The second kappa shape index (κ2) is 6.03. The summed E-state index contributed by atoms with van der Waals surface area (Å²) >= 11 is 0. The summed E-state index contributed by atoms with van der Waals surface area (Å²) in [7, 11) is 0. The molecule has 3 aromatic heterocycles. The van der Waals surface area contributed by atoms with Gasteiger partial charge in [-0.05, 0) is 24.5 Å². The van der Waals surface area contributed by atoms with Crippen LogP contribution in [0.15, 0.2) is 23.1 Å². The Hall–Kier alpha value is -2.77. The molecule has 3 N–H and O–H groups in total. The molecule has 0 spiro atoms. The maximum absolute atomic E-state index is 14.0. The molecule has 0 bridgehead atoms. The van der Waals surface area contributed by atoms with Crippen molar-refractivity contribution in [1.29, 1.82) is 0 Å². The van der Waals surface area contributed by atoms with Crippen LogP contribution < -0.4 is 11.3 Å². The van der Waals surface area contributed by atoms with Gasteiger partial charge in [0.2, 0.25) is 0 Å². The first kappa shape index (κ1) is 16.1. The number of nitrogens with one attached hydrogen (secondary N) is 1. The molecule has 3 heterocycles. The van der Waals surface area contributed by atoms with E-state index in [-0.39, 0.29) is 23.6 Å². The molecular weight excluding hydrogens is 316 g/mol. The zero-order chi connectivity index (χ0) is 17.4. The smallest absolute Gasteiger partial charge is 0.276 e. The molecule has 0 saturated carbocycles. The number of nitrogens with zero attached hydrogens (tertiary/aromatic N) is 3. The fourth-order valence-corrected chi connectivity index (χ4v) is 2.55. The summed E-state index contributed by atoms with van der Waals surface area (Å²) in [4.78, 5) is 23.2. The van der Waals surface area contributed by atoms with Crippen molar-refractivity contribution < 1.29 is 8.78 Å². The number of rotatable bonds is 4. The Labute approximate surface area is 136 Å². The molecule has 0 fully saturated rings. The number of H-pyrrole nitrogens is 1. The summed E-state index contributed by atoms with van der Waals surface area (Å²) in [6.07, 6.45) is 1.77. The highest BCUT2D eigenvalue weighted by molar-refractivity contribution is 5.77. The number of nitrogen functional groups attached to an aromatic ring is 1. The molecule has 0 unspecified atom stereocenters. The largest absolute Gasteiger partial charge is 0.394 e. The van der Waals surface area contributed by atoms with E-state index in [1.807, 2.05) is 13.8 Å². The third kappa shape index (κ3) is 2.86. The first-order valence-corrected chi connectivity index (χ1v) is 7.53. The average Bonchev–Trinajstić information content (AvgIpc) is 2.95. The van der Waals surface area contributed by atoms with Gasteiger partial charge in [0.1, 0.15) is 11.3 Å². The van der Waals surface area contributed by atoms with Crippen molar-refractivity contribution >= 4 is 16.7 Å². The van der Waals surface area contributed by atoms with E-state index < -0.39 is 17.3 Å². The number of pyridine rings is 2. The number of fused-ring (bicyclic) bond motifs is 1. The molecular formula is C16H17F2N5O. The zero-order valence-corrected chi connectivity index (χ0v) is 13.3. The van der Waals surface area contributed by atoms with E-state index in [0.717, 1.165) is 16.8 Å². The lowest BCUT2D eigenvalue weighted by atomic mass is 10.1. The van der Waals surface area contributed by atoms with Crippen molar-refractivity contribution in [1.82, 2.24) is 19.5 Å². The van der Waals surface area contributed by atoms with Gasteiger partial charge in [-0.2, -0.15) is 4.39 Å². The van der Waals surface area contributed by atoms with Crippen molar-refractivity contribution in [3.8, 4) is 0 Å². The molecule has 0 aliphatic heterocycles. The monoisotopic (exact) mass is 333 g/mol. The summed E-state index contributed by atoms with van der Waals surface area (Å²) < 4.78 is 28.7. The van der Waals surface area contributed by atoms with Crippen LogP contribution in [0.3, 0.4) is 0 Å². The lowest BCUT2D eigenvalue weighted by molar-refractivity contribution is 0.491. The summed E-state index contributed by atoms with van der Waals surface area (Å²) in [6.45, 7) is 3.87. The van der Waals surface area contributed by atoms with Gasteiger partial charge >= 0.3 is 0 Å². The normalized spacial score (nSPS) is 11.5. The number of aromatic amines is 1. The van der Waals surface area contributed by atoms with Gasteiger partial charge in [0.15, 0.2) is 11.8 Å². The van der Waals surface area contributed by atoms with Gasteiger partial charge in [0.25, 0.3) is 5.56 Å². The van der Waals surface area contributed by atoms with Crippen molar-refractivity contribution in [3.63, 3.8) is 0 Å². The number of halogens is 2. The Balaban J connectivity index is 2.08. The molecule has 3 rings (SSSR count). The topological polar surface area (TPSA) is 89.6 Å². The molecule has 0 atom stereocenters. The Bertz CT molecular complexity index is 961. The Morgan fingerprint density at radius 2 is 2.08 bits per heavy atom. The SMILES string of the molecule is CC(C)Cc1ncc(F)c2nc(Cn3c(F)ccc(N)c3=O)[nH]c12. The molecule has 0 aromatic carbocycles. The molecule has 24 heavy (non-hydrogen) atoms. The maximum Gasteiger partial charge on any atom is 0.276 e. The standard InChI is InChI=1S/C16H17F2N5O/c1-8(2)5-11-15-14(9(17)6-20-11)21-13(22-15)7-23-12(18)4-3-10(19)16(23)24/h3-4,6,8H,5,7,19H2,1-2H3,(H,21,22). The van der Waals surface area contributed by atoms with Crippen molar-refractivity contribution in [2.75, 3.05) is 5.73 Å². The first-order valence-electron chi connectivity index (χ1n) is 7.53. The molecule has 0 aliphatic rings. The lowest BCUT2D eigenvalue weighted by Gasteiger charge is -2.06. The quantitative estimate of drug-likeness (QED) is 0.717. The number of hydrogen-bond donors (Lipinski definition) is 2. The average molecular weight is 333 g/mol. The highest BCUT2D eigenvalue weighted by Gasteiger charge is 2.16. The van der Waals surface area contributed by atoms with Crippen LogP contribution in [-0.4, -0.2) is 19.5 Å². The van der Waals surface area contributed by atoms with Crippen LogP contribution in [0.25, 0.3) is 11.0 Å². The van der Waals surface area contributed by atoms with Gasteiger partial charge in [-0.3, -0.25) is 14.3 Å². The van der Waals surface area contributed by atoms with Crippen LogP contribution >= 0.6 is 0 Å². The predicted octanol–water partition coefficient (Wildman–Crippen LogP) is 2.23. The van der Waals surface area contributed by atoms with Crippen molar-refractivity contribution in [2.24, 2.45) is 5.92 Å². The second-order valence-electron chi connectivity index (χ2n) is 6.06. The van der Waals surface area contributed by atoms with Gasteiger partial charge in [0, 0.05) is 0 Å². The fraction of sp³-hybridized carbons (Fsp3) is 0.312. The Kier molecular flexibility index (Phi) is 4.04. The summed E-state index contributed by atoms with van der Waals surface area (Å²) in [5, 5.41) is 0. The van der Waals surface area contributed by atoms with E-state index in [4.69, 9.17) is 5.73 Å². The van der Waals surface area contributed by atoms with Crippen LogP contribution in [0.5, 0.6) is 0 Å². The predicted molar refractivity (Wildman–Crippen MR) is 86.6 cm³/mol. The van der Waals surface area contributed by atoms with Crippen molar-refractivity contribution in [2.45, 2.75) is 26.8 Å². The molecule has 3 aromatic rings. The van der Waals surface area contributed by atoms with Gasteiger partial charge < -0.3 is 10.7 Å². The summed E-state index contributed by atoms with van der Waals surface area (Å²) in [5.74, 6) is -0.725. The van der Waals surface area contributed by atoms with Crippen LogP contribution in [0.4, 0.5) is 14.5 Å². The molecule has 126 valence electrons. The third-order valence-electron chi connectivity index (χ3n) is 3.66. The van der Waals surface area contributed by atoms with Crippen LogP contribution in [0.1, 0.15) is 25.4 Å². The van der Waals surface area contributed by atoms with Crippen LogP contribution in [0, 0.1) is 17.7 Å². The highest BCUT2D eigenvalue weighted by Crippen LogP contribution is 2.20. The number of nitrogens with two attached hydrogens (primary N) is 1. The number of anilines is 1. The zero-order valence-electron chi connectivity index (χ0n) is 13.3. The van der Waals surface area contributed by atoms with Gasteiger partial charge in [-0.15, -0.1) is 0 Å². The van der Waals surface area contributed by atoms with E-state index in [1.54, 1.807) is 0 Å². The Morgan fingerprint density at radius 1 is 1.33 bits per heavy atom. The van der Waals surface area contributed by atoms with E-state index in [2.05, 4.69) is 15.0 Å². The van der Waals surface area contributed by atoms with Crippen LogP contribution in [0.2, 0.25) is 0 Å². The van der Waals surface area contributed by atoms with Gasteiger partial charge in [-0.1, -0.05) is 13.8 Å². The molecule has 0 aliphatic carbocycles. The number of hydrogen-bond acceptors (Lipinski definition) is 4. The highest BCUT2D eigenvalue weighted by atomic mass is 19.1. The van der Waals surface area contributed by atoms with E-state index in [1.165, 1.54) is 6.07 Å². The van der Waals surface area contributed by atoms with Crippen molar-refractivity contribution in [3.05, 3.63) is 52.0 Å². The molecule has 8 heteroatoms. The fourth-order valence-electron chi connectivity index (χ4n) is 2.55. The minimum Gasteiger partial charge on any atom is -0.394 e. The number of imidazole rings is 1. The summed E-state index contributed by atoms with van der Waals surface area (Å²) in [5.41, 5.74) is 6.08. The number of aromatic nitrogens is 4. The van der Waals surface area contributed by atoms with Crippen LogP contribution in [-0.2, 0) is 13.0 Å². The van der Waals surface area contributed by atoms with E-state index >= 15 is 0 Å². The second-order valence-corrected chi connectivity index (χ2v) is 6.06. The van der Waals surface area contributed by atoms with E-state index in [9.17, 15) is 13.6 Å². The van der Waals surface area contributed by atoms with Gasteiger partial charge in [0.05, 0.1) is 29.6 Å². The third-order valence-corrected chi connectivity index (χ3v) is 3.66. The van der Waals surface area contributed by atoms with Gasteiger partial charge in [-0.25, -0.2) is 9.37 Å². The minimum atomic E-state index is -0.740. The molecule has 0 saturated heterocycles. The minimum absolute atomic E-state index is 0.0687. The molecule has 0 amide bonds. The first-order chi connectivity index (χ1) is 11.4. The molecule has 6 nitrogen and oxygen atoms in total. The Morgan fingerprint density at radius 3 is 2.79 bits per heavy atom.